The molecule has 12 heavy (non-hydrogen) atoms. The van der Waals surface area contributed by atoms with Gasteiger partial charge in [-0.1, -0.05) is 26.2 Å². The average Bonchev–Trinajstić information content (AvgIpc) is 1.95. The molecule has 0 radical (unpaired) electrons. The van der Waals surface area contributed by atoms with Gasteiger partial charge in [-0.05, 0) is 13.5 Å². The zero-order valence-electron chi connectivity index (χ0n) is 7.66. The van der Waals surface area contributed by atoms with Crippen LogP contribution in [0.4, 0.5) is 0 Å². The molecule has 0 spiro atoms. The van der Waals surface area contributed by atoms with E-state index in [1.807, 2.05) is 0 Å². The van der Waals surface area contributed by atoms with Gasteiger partial charge in [0.1, 0.15) is 5.78 Å². The van der Waals surface area contributed by atoms with Gasteiger partial charge in [0.15, 0.2) is 0 Å². The van der Waals surface area contributed by atoms with Crippen molar-refractivity contribution in [2.75, 3.05) is 7.05 Å². The molecule has 0 aliphatic carbocycles. The highest BCUT2D eigenvalue weighted by molar-refractivity contribution is 7.52. The first kappa shape index (κ1) is 12.1. The SMILES string of the molecule is CCCCCC(NC)P(=O)(O)O. The molecule has 0 bridgehead atoms. The van der Waals surface area contributed by atoms with Gasteiger partial charge in [0.2, 0.25) is 0 Å². The molecular formula is C7H18NO3P. The third-order valence-electron chi connectivity index (χ3n) is 1.82. The van der Waals surface area contributed by atoms with Crippen LogP contribution in [0, 0.1) is 0 Å². The predicted molar refractivity (Wildman–Crippen MR) is 49.0 cm³/mol. The Morgan fingerprint density at radius 3 is 2.33 bits per heavy atom. The largest absolute Gasteiger partial charge is 0.342 e. The molecule has 0 saturated carbocycles. The van der Waals surface area contributed by atoms with E-state index in [0.717, 1.165) is 19.3 Å². The molecule has 0 aromatic heterocycles. The Bertz CT molecular complexity index is 157. The van der Waals surface area contributed by atoms with E-state index in [1.54, 1.807) is 7.05 Å². The van der Waals surface area contributed by atoms with Crippen LogP contribution in [0.2, 0.25) is 0 Å². The van der Waals surface area contributed by atoms with Crippen molar-refractivity contribution in [1.29, 1.82) is 0 Å². The lowest BCUT2D eigenvalue weighted by Gasteiger charge is -2.16. The predicted octanol–water partition coefficient (Wildman–Crippen LogP) is 1.29. The van der Waals surface area contributed by atoms with Crippen LogP contribution < -0.4 is 5.32 Å². The summed E-state index contributed by atoms with van der Waals surface area (Å²) in [6.45, 7) is 2.06. The third kappa shape index (κ3) is 4.88. The summed E-state index contributed by atoms with van der Waals surface area (Å²) in [5.41, 5.74) is 0. The Balaban J connectivity index is 3.77. The second-order valence-electron chi connectivity index (χ2n) is 2.89. The smallest absolute Gasteiger partial charge is 0.323 e. The summed E-state index contributed by atoms with van der Waals surface area (Å²) < 4.78 is 10.8. The van der Waals surface area contributed by atoms with Crippen molar-refractivity contribution in [3.63, 3.8) is 0 Å². The van der Waals surface area contributed by atoms with Gasteiger partial charge in [-0.25, -0.2) is 0 Å². The van der Waals surface area contributed by atoms with E-state index in [-0.39, 0.29) is 0 Å². The summed E-state index contributed by atoms with van der Waals surface area (Å²) >= 11 is 0. The highest BCUT2D eigenvalue weighted by Crippen LogP contribution is 2.41. The first-order valence-electron chi connectivity index (χ1n) is 4.24. The van der Waals surface area contributed by atoms with Crippen LogP contribution in [0.5, 0.6) is 0 Å². The summed E-state index contributed by atoms with van der Waals surface area (Å²) in [5.74, 6) is -0.663. The molecular weight excluding hydrogens is 177 g/mol. The van der Waals surface area contributed by atoms with Gasteiger partial charge in [0.05, 0.1) is 0 Å². The molecule has 0 aromatic carbocycles. The standard InChI is InChI=1S/C7H18NO3P/c1-3-4-5-6-7(8-2)12(9,10)11/h7-8H,3-6H2,1-2H3,(H2,9,10,11). The Labute approximate surface area is 73.5 Å². The van der Waals surface area contributed by atoms with Crippen LogP contribution in [-0.4, -0.2) is 22.6 Å². The zero-order valence-corrected chi connectivity index (χ0v) is 8.55. The maximum Gasteiger partial charge on any atom is 0.342 e. The van der Waals surface area contributed by atoms with Crippen LogP contribution >= 0.6 is 7.60 Å². The van der Waals surface area contributed by atoms with Crippen molar-refractivity contribution >= 4 is 7.60 Å². The topological polar surface area (TPSA) is 69.6 Å². The van der Waals surface area contributed by atoms with Crippen molar-refractivity contribution in [3.8, 4) is 0 Å². The minimum absolute atomic E-state index is 0.550. The van der Waals surface area contributed by atoms with E-state index in [4.69, 9.17) is 9.79 Å². The van der Waals surface area contributed by atoms with Gasteiger partial charge in [0, 0.05) is 0 Å². The summed E-state index contributed by atoms with van der Waals surface area (Å²) in [6.07, 6.45) is 3.51. The average molecular weight is 195 g/mol. The third-order valence-corrected chi connectivity index (χ3v) is 3.15. The molecule has 1 unspecified atom stereocenters. The maximum atomic E-state index is 10.8. The van der Waals surface area contributed by atoms with Crippen molar-refractivity contribution in [1.82, 2.24) is 5.32 Å². The van der Waals surface area contributed by atoms with Crippen LogP contribution in [-0.2, 0) is 4.57 Å². The molecule has 4 nitrogen and oxygen atoms in total. The lowest BCUT2D eigenvalue weighted by atomic mass is 10.2. The lowest BCUT2D eigenvalue weighted by molar-refractivity contribution is 0.344. The highest BCUT2D eigenvalue weighted by atomic mass is 31.2. The van der Waals surface area contributed by atoms with Crippen molar-refractivity contribution < 1.29 is 14.4 Å². The number of nitrogens with one attached hydrogen (secondary N) is 1. The fraction of sp³-hybridized carbons (Fsp3) is 1.00. The number of rotatable bonds is 6. The molecule has 0 rings (SSSR count). The quantitative estimate of drug-likeness (QED) is 0.441. The fourth-order valence-electron chi connectivity index (χ4n) is 1.07. The molecule has 0 aliphatic heterocycles. The van der Waals surface area contributed by atoms with Gasteiger partial charge in [0.25, 0.3) is 0 Å². The summed E-state index contributed by atoms with van der Waals surface area (Å²) in [5, 5.41) is 2.64. The van der Waals surface area contributed by atoms with E-state index in [2.05, 4.69) is 12.2 Å². The lowest BCUT2D eigenvalue weighted by Crippen LogP contribution is -2.24. The molecule has 1 atom stereocenters. The Kier molecular flexibility index (Phi) is 5.76. The first-order chi connectivity index (χ1) is 5.52. The monoisotopic (exact) mass is 195 g/mol. The number of hydrogen-bond donors (Lipinski definition) is 3. The first-order valence-corrected chi connectivity index (χ1v) is 5.93. The number of hydrogen-bond acceptors (Lipinski definition) is 2. The van der Waals surface area contributed by atoms with Crippen LogP contribution in [0.25, 0.3) is 0 Å². The van der Waals surface area contributed by atoms with Gasteiger partial charge in [-0.2, -0.15) is 0 Å². The fourth-order valence-corrected chi connectivity index (χ4v) is 1.92. The molecule has 0 amide bonds. The zero-order chi connectivity index (χ0) is 9.61. The second kappa shape index (κ2) is 5.70. The Hall–Kier alpha value is 0.110. The second-order valence-corrected chi connectivity index (χ2v) is 4.69. The van der Waals surface area contributed by atoms with Crippen LogP contribution in [0.15, 0.2) is 0 Å². The molecule has 0 aromatic rings. The molecule has 0 saturated heterocycles. The molecule has 0 heterocycles. The number of unbranched alkanes of at least 4 members (excludes halogenated alkanes) is 2. The summed E-state index contributed by atoms with van der Waals surface area (Å²) in [7, 11) is -2.35. The summed E-state index contributed by atoms with van der Waals surface area (Å²) in [6, 6.07) is 0. The van der Waals surface area contributed by atoms with Gasteiger partial charge in [-0.15, -0.1) is 0 Å². The highest BCUT2D eigenvalue weighted by Gasteiger charge is 2.25. The minimum Gasteiger partial charge on any atom is -0.323 e. The van der Waals surface area contributed by atoms with Crippen molar-refractivity contribution in [2.24, 2.45) is 0 Å². The van der Waals surface area contributed by atoms with E-state index in [0.29, 0.717) is 6.42 Å². The van der Waals surface area contributed by atoms with Crippen molar-refractivity contribution in [2.45, 2.75) is 38.4 Å². The normalized spacial score (nSPS) is 14.7. The van der Waals surface area contributed by atoms with Crippen LogP contribution in [0.3, 0.4) is 0 Å². The molecule has 5 heteroatoms. The van der Waals surface area contributed by atoms with E-state index < -0.39 is 13.4 Å². The van der Waals surface area contributed by atoms with Gasteiger partial charge < -0.3 is 15.1 Å². The Morgan fingerprint density at radius 1 is 1.42 bits per heavy atom. The van der Waals surface area contributed by atoms with E-state index >= 15 is 0 Å². The van der Waals surface area contributed by atoms with Crippen LogP contribution in [0.1, 0.15) is 32.6 Å². The molecule has 74 valence electrons. The summed E-state index contributed by atoms with van der Waals surface area (Å²) in [4.78, 5) is 17.7. The van der Waals surface area contributed by atoms with Gasteiger partial charge >= 0.3 is 7.60 Å². The maximum absolute atomic E-state index is 10.8. The van der Waals surface area contributed by atoms with Crippen molar-refractivity contribution in [3.05, 3.63) is 0 Å². The van der Waals surface area contributed by atoms with E-state index in [1.165, 1.54) is 0 Å². The molecule has 0 aliphatic rings. The van der Waals surface area contributed by atoms with Gasteiger partial charge in [-0.3, -0.25) is 4.57 Å². The molecule has 3 N–H and O–H groups in total. The Morgan fingerprint density at radius 2 is 2.00 bits per heavy atom. The van der Waals surface area contributed by atoms with E-state index in [9.17, 15) is 4.57 Å². The minimum atomic E-state index is -3.93. The molecule has 0 fully saturated rings.